The topological polar surface area (TPSA) is 23.5 Å². The fourth-order valence-corrected chi connectivity index (χ4v) is 1.21. The molecule has 0 aromatic carbocycles. The van der Waals surface area contributed by atoms with Crippen LogP contribution in [0.25, 0.3) is 0 Å². The molecule has 1 fully saturated rings. The summed E-state index contributed by atoms with van der Waals surface area (Å²) in [6.07, 6.45) is 1.04. The van der Waals surface area contributed by atoms with Crippen molar-refractivity contribution in [2.75, 3.05) is 20.1 Å². The van der Waals surface area contributed by atoms with Crippen LogP contribution in [-0.4, -0.2) is 36.2 Å². The molecule has 2 nitrogen and oxygen atoms in total. The van der Waals surface area contributed by atoms with E-state index in [4.69, 9.17) is 0 Å². The summed E-state index contributed by atoms with van der Waals surface area (Å²) in [5.41, 5.74) is 0. The number of nitrogens with zero attached hydrogens (tertiary/aromatic N) is 1. The van der Waals surface area contributed by atoms with Crippen LogP contribution in [0.3, 0.4) is 0 Å². The Labute approximate surface area is 56.5 Å². The first-order valence-electron chi connectivity index (χ1n) is 3.57. The van der Waals surface area contributed by atoms with Crippen LogP contribution in [0.15, 0.2) is 0 Å². The van der Waals surface area contributed by atoms with Gasteiger partial charge >= 0.3 is 0 Å². The number of likely N-dealkylation sites (N-methyl/N-ethyl adjacent to an activating group) is 1. The maximum absolute atomic E-state index is 9.31. The highest BCUT2D eigenvalue weighted by atomic mass is 16.3. The Kier molecular flexibility index (Phi) is 2.09. The maximum atomic E-state index is 9.31. The molecule has 0 aliphatic carbocycles. The molecule has 54 valence electrons. The van der Waals surface area contributed by atoms with E-state index in [1.807, 2.05) is 0 Å². The van der Waals surface area contributed by atoms with Gasteiger partial charge in [-0.3, -0.25) is 0 Å². The molecule has 1 N–H and O–H groups in total. The van der Waals surface area contributed by atoms with Crippen LogP contribution in [0.1, 0.15) is 13.3 Å². The number of hydrogen-bond acceptors (Lipinski definition) is 2. The molecule has 0 saturated carbocycles. The molecule has 2 atom stereocenters. The highest BCUT2D eigenvalue weighted by Gasteiger charge is 2.21. The van der Waals surface area contributed by atoms with Gasteiger partial charge in [0.05, 0.1) is 6.10 Å². The van der Waals surface area contributed by atoms with Crippen molar-refractivity contribution in [1.29, 1.82) is 0 Å². The third-order valence-electron chi connectivity index (χ3n) is 2.12. The number of hydrogen-bond donors (Lipinski definition) is 1. The molecule has 0 unspecified atom stereocenters. The minimum atomic E-state index is -0.0938. The number of rotatable bonds is 0. The molecule has 1 saturated heterocycles. The minimum absolute atomic E-state index is 0.0938. The SMILES string of the molecule is C[C@H]1CCN(C)C[C@H]1O. The molecule has 1 rings (SSSR count). The lowest BCUT2D eigenvalue weighted by molar-refractivity contribution is 0.0404. The monoisotopic (exact) mass is 129 g/mol. The zero-order chi connectivity index (χ0) is 6.85. The van der Waals surface area contributed by atoms with E-state index in [0.29, 0.717) is 5.92 Å². The van der Waals surface area contributed by atoms with Crippen LogP contribution in [0.5, 0.6) is 0 Å². The summed E-state index contributed by atoms with van der Waals surface area (Å²) in [5, 5.41) is 9.31. The van der Waals surface area contributed by atoms with E-state index >= 15 is 0 Å². The van der Waals surface area contributed by atoms with Gasteiger partial charge in [0.1, 0.15) is 0 Å². The van der Waals surface area contributed by atoms with Crippen LogP contribution < -0.4 is 0 Å². The molecule has 1 aliphatic rings. The van der Waals surface area contributed by atoms with Gasteiger partial charge in [-0.15, -0.1) is 0 Å². The second-order valence-corrected chi connectivity index (χ2v) is 3.10. The predicted octanol–water partition coefficient (Wildman–Crippen LogP) is 0.319. The molecule has 0 spiro atoms. The van der Waals surface area contributed by atoms with E-state index in [0.717, 1.165) is 19.5 Å². The van der Waals surface area contributed by atoms with Gasteiger partial charge in [-0.05, 0) is 25.9 Å². The van der Waals surface area contributed by atoms with Gasteiger partial charge in [-0.25, -0.2) is 0 Å². The van der Waals surface area contributed by atoms with E-state index in [1.165, 1.54) is 0 Å². The molecule has 0 bridgehead atoms. The fourth-order valence-electron chi connectivity index (χ4n) is 1.21. The summed E-state index contributed by atoms with van der Waals surface area (Å²) in [7, 11) is 2.05. The van der Waals surface area contributed by atoms with Crippen molar-refractivity contribution in [3.8, 4) is 0 Å². The second-order valence-electron chi connectivity index (χ2n) is 3.10. The Balaban J connectivity index is 2.35. The lowest BCUT2D eigenvalue weighted by Gasteiger charge is -2.31. The number of likely N-dealkylation sites (tertiary alicyclic amines) is 1. The third kappa shape index (κ3) is 1.66. The highest BCUT2D eigenvalue weighted by Crippen LogP contribution is 2.14. The molecule has 0 aromatic heterocycles. The zero-order valence-corrected chi connectivity index (χ0v) is 6.17. The molecule has 1 heterocycles. The quantitative estimate of drug-likeness (QED) is 0.509. The fraction of sp³-hybridized carbons (Fsp3) is 1.00. The third-order valence-corrected chi connectivity index (χ3v) is 2.12. The number of aliphatic hydroxyl groups excluding tert-OH is 1. The summed E-state index contributed by atoms with van der Waals surface area (Å²) >= 11 is 0. The number of aliphatic hydroxyl groups is 1. The van der Waals surface area contributed by atoms with Gasteiger partial charge in [0.2, 0.25) is 0 Å². The summed E-state index contributed by atoms with van der Waals surface area (Å²) in [6.45, 7) is 4.09. The average Bonchev–Trinajstić information content (AvgIpc) is 1.80. The molecular weight excluding hydrogens is 114 g/mol. The first-order chi connectivity index (χ1) is 4.20. The van der Waals surface area contributed by atoms with Crippen molar-refractivity contribution in [2.45, 2.75) is 19.4 Å². The van der Waals surface area contributed by atoms with Crippen LogP contribution in [-0.2, 0) is 0 Å². The van der Waals surface area contributed by atoms with E-state index < -0.39 is 0 Å². The number of piperidine rings is 1. The van der Waals surface area contributed by atoms with Crippen LogP contribution in [0, 0.1) is 5.92 Å². The van der Waals surface area contributed by atoms with Crippen LogP contribution in [0.2, 0.25) is 0 Å². The molecule has 9 heavy (non-hydrogen) atoms. The Morgan fingerprint density at radius 1 is 1.56 bits per heavy atom. The molecule has 0 radical (unpaired) electrons. The summed E-state index contributed by atoms with van der Waals surface area (Å²) in [4.78, 5) is 2.17. The van der Waals surface area contributed by atoms with E-state index in [2.05, 4.69) is 18.9 Å². The summed E-state index contributed by atoms with van der Waals surface area (Å²) in [5.74, 6) is 0.501. The Bertz CT molecular complexity index is 94.9. The van der Waals surface area contributed by atoms with Gasteiger partial charge in [0.15, 0.2) is 0 Å². The van der Waals surface area contributed by atoms with Crippen molar-refractivity contribution >= 4 is 0 Å². The standard InChI is InChI=1S/C7H15NO/c1-6-3-4-8(2)5-7(6)9/h6-7,9H,3-5H2,1-2H3/t6-,7+/m0/s1. The zero-order valence-electron chi connectivity index (χ0n) is 6.17. The van der Waals surface area contributed by atoms with Crippen molar-refractivity contribution in [3.05, 3.63) is 0 Å². The number of β-amino-alcohol motifs (C(OH)–C–C–N with tert-alkyl or cyclic N) is 1. The molecule has 0 amide bonds. The molecule has 1 aliphatic heterocycles. The largest absolute Gasteiger partial charge is 0.392 e. The first-order valence-corrected chi connectivity index (χ1v) is 3.57. The van der Waals surface area contributed by atoms with Crippen molar-refractivity contribution in [3.63, 3.8) is 0 Å². The van der Waals surface area contributed by atoms with Gasteiger partial charge in [-0.2, -0.15) is 0 Å². The van der Waals surface area contributed by atoms with E-state index in [-0.39, 0.29) is 6.10 Å². The Morgan fingerprint density at radius 2 is 2.22 bits per heavy atom. The van der Waals surface area contributed by atoms with Crippen molar-refractivity contribution in [1.82, 2.24) is 4.90 Å². The highest BCUT2D eigenvalue weighted by molar-refractivity contribution is 4.74. The summed E-state index contributed by atoms with van der Waals surface area (Å²) in [6, 6.07) is 0. The normalized spacial score (nSPS) is 39.0. The molecule has 2 heteroatoms. The van der Waals surface area contributed by atoms with Crippen molar-refractivity contribution < 1.29 is 5.11 Å². The molecule has 0 aromatic rings. The van der Waals surface area contributed by atoms with Crippen LogP contribution in [0.4, 0.5) is 0 Å². The second kappa shape index (κ2) is 2.67. The average molecular weight is 129 g/mol. The smallest absolute Gasteiger partial charge is 0.0692 e. The lowest BCUT2D eigenvalue weighted by atomic mass is 9.97. The van der Waals surface area contributed by atoms with Gasteiger partial charge < -0.3 is 10.0 Å². The van der Waals surface area contributed by atoms with E-state index in [9.17, 15) is 5.11 Å². The van der Waals surface area contributed by atoms with Crippen molar-refractivity contribution in [2.24, 2.45) is 5.92 Å². The van der Waals surface area contributed by atoms with Gasteiger partial charge in [0, 0.05) is 6.54 Å². The van der Waals surface area contributed by atoms with E-state index in [1.54, 1.807) is 0 Å². The first kappa shape index (κ1) is 7.03. The van der Waals surface area contributed by atoms with Gasteiger partial charge in [0.25, 0.3) is 0 Å². The van der Waals surface area contributed by atoms with Gasteiger partial charge in [-0.1, -0.05) is 6.92 Å². The predicted molar refractivity (Wildman–Crippen MR) is 37.3 cm³/mol. The molecular formula is C7H15NO. The minimum Gasteiger partial charge on any atom is -0.392 e. The van der Waals surface area contributed by atoms with Crippen LogP contribution >= 0.6 is 0 Å². The maximum Gasteiger partial charge on any atom is 0.0692 e. The Morgan fingerprint density at radius 3 is 2.67 bits per heavy atom. The summed E-state index contributed by atoms with van der Waals surface area (Å²) < 4.78 is 0. The Hall–Kier alpha value is -0.0800. The lowest BCUT2D eigenvalue weighted by Crippen LogP contribution is -2.40.